The summed E-state index contributed by atoms with van der Waals surface area (Å²) in [6.07, 6.45) is 1.43. The third-order valence-corrected chi connectivity index (χ3v) is 5.83. The van der Waals surface area contributed by atoms with E-state index in [1.165, 1.54) is 18.2 Å². The molecule has 0 fully saturated rings. The number of benzene rings is 4. The summed E-state index contributed by atoms with van der Waals surface area (Å²) in [6.45, 7) is 0.589. The van der Waals surface area contributed by atoms with Crippen LogP contribution in [0.2, 0.25) is 5.02 Å². The number of carbonyl (C=O) groups is 1. The Bertz CT molecular complexity index is 1530. The zero-order chi connectivity index (χ0) is 27.6. The van der Waals surface area contributed by atoms with Gasteiger partial charge >= 0.3 is 0 Å². The number of nitrogens with zero attached hydrogens (tertiary/aromatic N) is 2. The van der Waals surface area contributed by atoms with E-state index in [0.29, 0.717) is 29.4 Å². The number of nitrogens with one attached hydrogen (secondary N) is 1. The summed E-state index contributed by atoms with van der Waals surface area (Å²) in [6, 6.07) is 29.4. The molecule has 4 aromatic rings. The summed E-state index contributed by atoms with van der Waals surface area (Å²) in [7, 11) is 0. The molecule has 0 atom stereocenters. The Hall–Kier alpha value is -5.13. The molecule has 0 aliphatic heterocycles. The van der Waals surface area contributed by atoms with Gasteiger partial charge in [-0.05, 0) is 71.3 Å². The Morgan fingerprint density at radius 3 is 2.23 bits per heavy atom. The molecule has 0 aliphatic carbocycles. The lowest BCUT2D eigenvalue weighted by atomic mass is 10.1. The lowest BCUT2D eigenvalue weighted by molar-refractivity contribution is -0.384. The molecule has 0 bridgehead atoms. The molecule has 4 aromatic carbocycles. The third kappa shape index (κ3) is 7.68. The van der Waals surface area contributed by atoms with Crippen molar-refractivity contribution in [1.29, 1.82) is 5.26 Å². The Morgan fingerprint density at radius 2 is 1.59 bits per heavy atom. The number of nitriles is 1. The van der Waals surface area contributed by atoms with E-state index in [1.54, 1.807) is 54.6 Å². The van der Waals surface area contributed by atoms with E-state index in [4.69, 9.17) is 21.1 Å². The van der Waals surface area contributed by atoms with E-state index in [0.717, 1.165) is 11.1 Å². The van der Waals surface area contributed by atoms with Gasteiger partial charge in [0.2, 0.25) is 0 Å². The molecule has 194 valence electrons. The van der Waals surface area contributed by atoms with Crippen LogP contribution in [-0.2, 0) is 18.0 Å². The maximum Gasteiger partial charge on any atom is 0.269 e. The van der Waals surface area contributed by atoms with Crippen molar-refractivity contribution in [3.05, 3.63) is 134 Å². The number of nitro groups is 1. The van der Waals surface area contributed by atoms with Crippen LogP contribution in [0.5, 0.6) is 11.5 Å². The highest BCUT2D eigenvalue weighted by Crippen LogP contribution is 2.28. The van der Waals surface area contributed by atoms with Gasteiger partial charge in [-0.3, -0.25) is 14.9 Å². The van der Waals surface area contributed by atoms with Crippen molar-refractivity contribution < 1.29 is 19.2 Å². The van der Waals surface area contributed by atoms with Crippen LogP contribution in [0.1, 0.15) is 16.7 Å². The van der Waals surface area contributed by atoms with Gasteiger partial charge in [-0.25, -0.2) is 0 Å². The van der Waals surface area contributed by atoms with Gasteiger partial charge in [0, 0.05) is 17.8 Å². The highest BCUT2D eigenvalue weighted by molar-refractivity contribution is 6.32. The maximum absolute atomic E-state index is 12.7. The topological polar surface area (TPSA) is 114 Å². The van der Waals surface area contributed by atoms with Crippen molar-refractivity contribution in [2.45, 2.75) is 13.2 Å². The summed E-state index contributed by atoms with van der Waals surface area (Å²) in [5.74, 6) is 0.480. The number of non-ortho nitro benzene ring substituents is 1. The zero-order valence-corrected chi connectivity index (χ0v) is 21.3. The number of carbonyl (C=O) groups excluding carboxylic acids is 1. The fraction of sp³-hybridized carbons (Fsp3) is 0.0667. The highest BCUT2D eigenvalue weighted by atomic mass is 35.5. The fourth-order valence-corrected chi connectivity index (χ4v) is 3.73. The Labute approximate surface area is 229 Å². The molecule has 0 heterocycles. The van der Waals surface area contributed by atoms with Gasteiger partial charge in [-0.1, -0.05) is 48.0 Å². The van der Waals surface area contributed by atoms with Gasteiger partial charge < -0.3 is 14.8 Å². The summed E-state index contributed by atoms with van der Waals surface area (Å²) in [5.41, 5.74) is 2.73. The van der Waals surface area contributed by atoms with E-state index >= 15 is 0 Å². The molecule has 8 nitrogen and oxygen atoms in total. The molecular weight excluding hydrogens is 518 g/mol. The molecule has 4 rings (SSSR count). The molecular formula is C30H22ClN3O5. The minimum Gasteiger partial charge on any atom is -0.489 e. The van der Waals surface area contributed by atoms with Crippen LogP contribution in [-0.4, -0.2) is 10.8 Å². The molecule has 0 aromatic heterocycles. The molecule has 1 N–H and O–H groups in total. The first kappa shape index (κ1) is 26.9. The zero-order valence-electron chi connectivity index (χ0n) is 20.5. The minimum absolute atomic E-state index is 0.00452. The van der Waals surface area contributed by atoms with Gasteiger partial charge in [0.05, 0.1) is 9.95 Å². The van der Waals surface area contributed by atoms with Crippen molar-refractivity contribution in [3.8, 4) is 17.6 Å². The largest absolute Gasteiger partial charge is 0.489 e. The molecule has 0 saturated heterocycles. The summed E-state index contributed by atoms with van der Waals surface area (Å²) in [4.78, 5) is 23.0. The van der Waals surface area contributed by atoms with Crippen LogP contribution in [0, 0.1) is 21.4 Å². The second-order valence-electron chi connectivity index (χ2n) is 8.32. The third-order valence-electron chi connectivity index (χ3n) is 5.53. The van der Waals surface area contributed by atoms with Crippen molar-refractivity contribution >= 4 is 35.0 Å². The van der Waals surface area contributed by atoms with Crippen molar-refractivity contribution in [1.82, 2.24) is 0 Å². The average molecular weight is 540 g/mol. The van der Waals surface area contributed by atoms with Crippen LogP contribution in [0.3, 0.4) is 0 Å². The molecule has 0 aliphatic rings. The van der Waals surface area contributed by atoms with Gasteiger partial charge in [-0.15, -0.1) is 0 Å². The smallest absolute Gasteiger partial charge is 0.269 e. The lowest BCUT2D eigenvalue weighted by Crippen LogP contribution is -2.13. The number of rotatable bonds is 10. The quantitative estimate of drug-likeness (QED) is 0.101. The van der Waals surface area contributed by atoms with Crippen molar-refractivity contribution in [2.75, 3.05) is 5.32 Å². The second-order valence-corrected chi connectivity index (χ2v) is 8.73. The molecule has 39 heavy (non-hydrogen) atoms. The molecule has 0 radical (unpaired) electrons. The van der Waals surface area contributed by atoms with Crippen LogP contribution in [0.25, 0.3) is 6.08 Å². The Balaban J connectivity index is 1.34. The van der Waals surface area contributed by atoms with E-state index in [9.17, 15) is 20.2 Å². The first-order valence-electron chi connectivity index (χ1n) is 11.8. The van der Waals surface area contributed by atoms with Crippen LogP contribution >= 0.6 is 11.6 Å². The van der Waals surface area contributed by atoms with Crippen LogP contribution < -0.4 is 14.8 Å². The fourth-order valence-electron chi connectivity index (χ4n) is 3.49. The number of halogens is 1. The number of anilines is 1. The molecule has 0 saturated carbocycles. The minimum atomic E-state index is -0.565. The summed E-state index contributed by atoms with van der Waals surface area (Å²) in [5, 5.41) is 23.3. The van der Waals surface area contributed by atoms with Crippen LogP contribution in [0.4, 0.5) is 11.4 Å². The summed E-state index contributed by atoms with van der Waals surface area (Å²) >= 11 is 6.34. The van der Waals surface area contributed by atoms with Gasteiger partial charge in [0.1, 0.15) is 36.4 Å². The van der Waals surface area contributed by atoms with Gasteiger partial charge in [0.25, 0.3) is 11.6 Å². The average Bonchev–Trinajstić information content (AvgIpc) is 2.95. The predicted octanol–water partition coefficient (Wildman–Crippen LogP) is 6.95. The number of hydrogen-bond acceptors (Lipinski definition) is 6. The SMILES string of the molecule is N#C/C(=C\c1ccc(OCc2ccc([N+](=O)[O-])cc2)c(Cl)c1)C(=O)Nc1ccc(OCc2ccccc2)cc1. The normalized spacial score (nSPS) is 10.8. The van der Waals surface area contributed by atoms with E-state index < -0.39 is 10.8 Å². The number of amides is 1. The van der Waals surface area contributed by atoms with E-state index in [-0.39, 0.29) is 22.9 Å². The molecule has 0 unspecified atom stereocenters. The molecule has 9 heteroatoms. The maximum atomic E-state index is 12.7. The van der Waals surface area contributed by atoms with Gasteiger partial charge in [0.15, 0.2) is 0 Å². The predicted molar refractivity (Wildman–Crippen MR) is 148 cm³/mol. The Kier molecular flexibility index (Phi) is 8.91. The standard InChI is InChI=1S/C30H22ClN3O5/c31-28-17-23(8-15-29(28)39-20-22-6-11-26(12-7-22)34(36)37)16-24(18-32)30(35)33-25-9-13-27(14-10-25)38-19-21-4-2-1-3-5-21/h1-17H,19-20H2,(H,33,35)/b24-16+. The Morgan fingerprint density at radius 1 is 0.923 bits per heavy atom. The number of nitro benzene ring substituents is 1. The summed E-state index contributed by atoms with van der Waals surface area (Å²) < 4.78 is 11.5. The second kappa shape index (κ2) is 12.9. The van der Waals surface area contributed by atoms with E-state index in [2.05, 4.69) is 5.32 Å². The first-order valence-corrected chi connectivity index (χ1v) is 12.1. The molecule has 0 spiro atoms. The monoisotopic (exact) mass is 539 g/mol. The van der Waals surface area contributed by atoms with Gasteiger partial charge in [-0.2, -0.15) is 5.26 Å². The molecule has 1 amide bonds. The van der Waals surface area contributed by atoms with Crippen molar-refractivity contribution in [3.63, 3.8) is 0 Å². The highest BCUT2D eigenvalue weighted by Gasteiger charge is 2.11. The first-order chi connectivity index (χ1) is 18.9. The number of ether oxygens (including phenoxy) is 2. The van der Waals surface area contributed by atoms with Crippen molar-refractivity contribution in [2.24, 2.45) is 0 Å². The lowest BCUT2D eigenvalue weighted by Gasteiger charge is -2.09. The number of hydrogen-bond donors (Lipinski definition) is 1. The van der Waals surface area contributed by atoms with E-state index in [1.807, 2.05) is 36.4 Å². The van der Waals surface area contributed by atoms with Crippen LogP contribution in [0.15, 0.2) is 103 Å².